The van der Waals surface area contributed by atoms with Crippen molar-refractivity contribution in [1.29, 1.82) is 0 Å². The van der Waals surface area contributed by atoms with Crippen LogP contribution >= 0.6 is 11.3 Å². The highest BCUT2D eigenvalue weighted by molar-refractivity contribution is 7.10. The van der Waals surface area contributed by atoms with Gasteiger partial charge >= 0.3 is 0 Å². The maximum atomic E-state index is 13.1. The summed E-state index contributed by atoms with van der Waals surface area (Å²) < 4.78 is 14.8. The predicted molar refractivity (Wildman–Crippen MR) is 93.2 cm³/mol. The van der Waals surface area contributed by atoms with E-state index < -0.39 is 0 Å². The Bertz CT molecular complexity index is 853. The van der Waals surface area contributed by atoms with Crippen molar-refractivity contribution in [3.05, 3.63) is 69.4 Å². The number of halogens is 1. The van der Waals surface area contributed by atoms with Crippen LogP contribution in [0.5, 0.6) is 0 Å². The summed E-state index contributed by atoms with van der Waals surface area (Å²) in [5.74, 6) is -0.456. The number of rotatable bonds is 4. The third kappa shape index (κ3) is 3.10. The topological polar surface area (TPSA) is 46.9 Å². The van der Waals surface area contributed by atoms with Crippen LogP contribution in [-0.4, -0.2) is 15.7 Å². The molecular weight excluding hydrogens is 325 g/mol. The second-order valence-corrected chi connectivity index (χ2v) is 6.62. The number of amides is 1. The molecule has 2 aromatic heterocycles. The van der Waals surface area contributed by atoms with Gasteiger partial charge in [-0.25, -0.2) is 9.07 Å². The van der Waals surface area contributed by atoms with Crippen molar-refractivity contribution in [2.24, 2.45) is 0 Å². The molecule has 1 amide bonds. The molecule has 3 aromatic rings. The fourth-order valence-electron chi connectivity index (χ4n) is 2.68. The van der Waals surface area contributed by atoms with Crippen molar-refractivity contribution in [3.63, 3.8) is 0 Å². The number of nitrogens with one attached hydrogen (secondary N) is 1. The first-order valence-electron chi connectivity index (χ1n) is 7.64. The van der Waals surface area contributed by atoms with Crippen LogP contribution in [0.4, 0.5) is 4.39 Å². The van der Waals surface area contributed by atoms with E-state index in [9.17, 15) is 9.18 Å². The van der Waals surface area contributed by atoms with Crippen molar-refractivity contribution < 1.29 is 9.18 Å². The smallest absolute Gasteiger partial charge is 0.255 e. The molecule has 2 heterocycles. The third-order valence-electron chi connectivity index (χ3n) is 3.91. The molecule has 1 N–H and O–H groups in total. The van der Waals surface area contributed by atoms with E-state index in [1.807, 2.05) is 31.4 Å². The van der Waals surface area contributed by atoms with E-state index in [4.69, 9.17) is 0 Å². The summed E-state index contributed by atoms with van der Waals surface area (Å²) in [4.78, 5) is 13.8. The Labute approximate surface area is 143 Å². The lowest BCUT2D eigenvalue weighted by molar-refractivity contribution is 0.0939. The van der Waals surface area contributed by atoms with E-state index in [1.165, 1.54) is 12.1 Å². The molecule has 124 valence electrons. The average Bonchev–Trinajstić information content (AvgIpc) is 3.16. The van der Waals surface area contributed by atoms with E-state index in [2.05, 4.69) is 10.4 Å². The summed E-state index contributed by atoms with van der Waals surface area (Å²) in [7, 11) is 0. The molecule has 1 aromatic carbocycles. The number of hydrogen-bond donors (Lipinski definition) is 1. The van der Waals surface area contributed by atoms with Gasteiger partial charge in [-0.2, -0.15) is 5.10 Å². The van der Waals surface area contributed by atoms with Crippen molar-refractivity contribution in [2.45, 2.75) is 26.8 Å². The van der Waals surface area contributed by atoms with Gasteiger partial charge in [0.05, 0.1) is 28.7 Å². The van der Waals surface area contributed by atoms with E-state index in [1.54, 1.807) is 35.1 Å². The van der Waals surface area contributed by atoms with Crippen LogP contribution in [0.3, 0.4) is 0 Å². The van der Waals surface area contributed by atoms with Gasteiger partial charge < -0.3 is 5.32 Å². The fourth-order valence-corrected chi connectivity index (χ4v) is 3.42. The molecule has 0 aliphatic rings. The Balaban J connectivity index is 1.88. The summed E-state index contributed by atoms with van der Waals surface area (Å²) in [6.07, 6.45) is 0. The molecule has 0 aliphatic heterocycles. The van der Waals surface area contributed by atoms with Gasteiger partial charge in [0, 0.05) is 4.88 Å². The van der Waals surface area contributed by atoms with Crippen LogP contribution in [-0.2, 0) is 0 Å². The number of carbonyl (C=O) groups excluding carboxylic acids is 1. The Morgan fingerprint density at radius 3 is 2.58 bits per heavy atom. The lowest BCUT2D eigenvalue weighted by Crippen LogP contribution is -2.27. The van der Waals surface area contributed by atoms with E-state index >= 15 is 0 Å². The highest BCUT2D eigenvalue weighted by atomic mass is 32.1. The zero-order valence-corrected chi connectivity index (χ0v) is 14.5. The molecule has 24 heavy (non-hydrogen) atoms. The largest absolute Gasteiger partial charge is 0.345 e. The highest BCUT2D eigenvalue weighted by Gasteiger charge is 2.21. The molecule has 0 radical (unpaired) electrons. The summed E-state index contributed by atoms with van der Waals surface area (Å²) in [5.41, 5.74) is 2.66. The molecule has 0 saturated heterocycles. The number of nitrogens with zero attached hydrogens (tertiary/aromatic N) is 2. The Kier molecular flexibility index (Phi) is 4.49. The van der Waals surface area contributed by atoms with E-state index in [-0.39, 0.29) is 17.8 Å². The second kappa shape index (κ2) is 6.57. The van der Waals surface area contributed by atoms with Gasteiger partial charge in [0.15, 0.2) is 0 Å². The highest BCUT2D eigenvalue weighted by Crippen LogP contribution is 2.22. The van der Waals surface area contributed by atoms with Crippen LogP contribution in [0.25, 0.3) is 5.69 Å². The van der Waals surface area contributed by atoms with Gasteiger partial charge in [0.25, 0.3) is 5.91 Å². The maximum Gasteiger partial charge on any atom is 0.255 e. The number of aromatic nitrogens is 2. The van der Waals surface area contributed by atoms with Crippen molar-refractivity contribution in [1.82, 2.24) is 15.1 Å². The first kappa shape index (κ1) is 16.4. The standard InChI is InChI=1S/C18H18FN3OS/c1-11(16-5-4-10-24-16)20-18(23)17-12(2)21-22(13(17)3)15-8-6-14(19)7-9-15/h4-11H,1-3H3,(H,20,23). The number of benzene rings is 1. The molecule has 3 rings (SSSR count). The van der Waals surface area contributed by atoms with Crippen molar-refractivity contribution in [2.75, 3.05) is 0 Å². The van der Waals surface area contributed by atoms with Gasteiger partial charge in [0.2, 0.25) is 0 Å². The lowest BCUT2D eigenvalue weighted by atomic mass is 10.1. The molecular formula is C18H18FN3OS. The van der Waals surface area contributed by atoms with E-state index in [0.29, 0.717) is 11.3 Å². The van der Waals surface area contributed by atoms with Gasteiger partial charge in [-0.05, 0) is 56.5 Å². The molecule has 0 aliphatic carbocycles. The summed E-state index contributed by atoms with van der Waals surface area (Å²) in [5, 5.41) is 9.44. The zero-order chi connectivity index (χ0) is 17.3. The Morgan fingerprint density at radius 1 is 1.25 bits per heavy atom. The molecule has 0 saturated carbocycles. The third-order valence-corrected chi connectivity index (χ3v) is 4.96. The Hall–Kier alpha value is -2.47. The number of thiophene rings is 1. The van der Waals surface area contributed by atoms with Crippen LogP contribution in [0.2, 0.25) is 0 Å². The summed E-state index contributed by atoms with van der Waals surface area (Å²) in [6.45, 7) is 5.60. The monoisotopic (exact) mass is 343 g/mol. The van der Waals surface area contributed by atoms with Crippen LogP contribution in [0.1, 0.15) is 39.6 Å². The minimum atomic E-state index is -0.303. The number of aryl methyl sites for hydroxylation is 1. The first-order chi connectivity index (χ1) is 11.5. The van der Waals surface area contributed by atoms with E-state index in [0.717, 1.165) is 16.3 Å². The van der Waals surface area contributed by atoms with Crippen LogP contribution in [0.15, 0.2) is 41.8 Å². The molecule has 6 heteroatoms. The summed E-state index contributed by atoms with van der Waals surface area (Å²) in [6, 6.07) is 9.94. The fraction of sp³-hybridized carbons (Fsp3) is 0.222. The normalized spacial score (nSPS) is 12.2. The predicted octanol–water partition coefficient (Wildman–Crippen LogP) is 4.18. The lowest BCUT2D eigenvalue weighted by Gasteiger charge is -2.12. The molecule has 1 unspecified atom stereocenters. The quantitative estimate of drug-likeness (QED) is 0.772. The van der Waals surface area contributed by atoms with Crippen LogP contribution in [0, 0.1) is 19.7 Å². The van der Waals surface area contributed by atoms with Gasteiger partial charge in [-0.15, -0.1) is 11.3 Å². The minimum Gasteiger partial charge on any atom is -0.345 e. The van der Waals surface area contributed by atoms with Crippen molar-refractivity contribution >= 4 is 17.2 Å². The van der Waals surface area contributed by atoms with Gasteiger partial charge in [-0.1, -0.05) is 6.07 Å². The molecule has 0 fully saturated rings. The first-order valence-corrected chi connectivity index (χ1v) is 8.51. The zero-order valence-electron chi connectivity index (χ0n) is 13.7. The molecule has 1 atom stereocenters. The molecule has 0 bridgehead atoms. The molecule has 0 spiro atoms. The number of carbonyl (C=O) groups is 1. The van der Waals surface area contributed by atoms with Gasteiger partial charge in [-0.3, -0.25) is 4.79 Å². The minimum absolute atomic E-state index is 0.0644. The second-order valence-electron chi connectivity index (χ2n) is 5.64. The van der Waals surface area contributed by atoms with Gasteiger partial charge in [0.1, 0.15) is 5.82 Å². The summed E-state index contributed by atoms with van der Waals surface area (Å²) >= 11 is 1.61. The molecule has 4 nitrogen and oxygen atoms in total. The SMILES string of the molecule is Cc1nn(-c2ccc(F)cc2)c(C)c1C(=O)NC(C)c1cccs1. The maximum absolute atomic E-state index is 13.1. The van der Waals surface area contributed by atoms with Crippen LogP contribution < -0.4 is 5.32 Å². The number of hydrogen-bond acceptors (Lipinski definition) is 3. The van der Waals surface area contributed by atoms with Crippen molar-refractivity contribution in [3.8, 4) is 5.69 Å². The average molecular weight is 343 g/mol. The Morgan fingerprint density at radius 2 is 1.96 bits per heavy atom.